The van der Waals surface area contributed by atoms with Gasteiger partial charge in [0.25, 0.3) is 0 Å². The number of benzene rings is 2. The van der Waals surface area contributed by atoms with Crippen molar-refractivity contribution in [1.82, 2.24) is 4.98 Å². The molecule has 0 unspecified atom stereocenters. The number of nitrogens with zero attached hydrogens (tertiary/aromatic N) is 1. The van der Waals surface area contributed by atoms with Crippen molar-refractivity contribution in [2.24, 2.45) is 5.41 Å². The molecule has 0 radical (unpaired) electrons. The Balaban J connectivity index is 2.01. The van der Waals surface area contributed by atoms with Crippen LogP contribution < -0.4 is 11.1 Å². The zero-order chi connectivity index (χ0) is 19.6. The van der Waals surface area contributed by atoms with Crippen LogP contribution in [0.3, 0.4) is 0 Å². The van der Waals surface area contributed by atoms with Gasteiger partial charge in [-0.3, -0.25) is 9.78 Å². The number of nitrogens with two attached hydrogens (primary N) is 1. The average Bonchev–Trinajstić information content (AvgIpc) is 2.62. The molecule has 1 heterocycles. The van der Waals surface area contributed by atoms with Crippen LogP contribution in [0.1, 0.15) is 20.8 Å². The molecule has 0 aliphatic rings. The van der Waals surface area contributed by atoms with Gasteiger partial charge in [-0.25, -0.2) is 4.39 Å². The van der Waals surface area contributed by atoms with Crippen molar-refractivity contribution in [2.45, 2.75) is 20.8 Å². The number of hydrogen-bond donors (Lipinski definition) is 2. The summed E-state index contributed by atoms with van der Waals surface area (Å²) in [5.41, 5.74) is 8.53. The predicted molar refractivity (Wildman–Crippen MR) is 108 cm³/mol. The first kappa shape index (κ1) is 18.6. The van der Waals surface area contributed by atoms with Crippen LogP contribution in [0.25, 0.3) is 22.4 Å². The summed E-state index contributed by atoms with van der Waals surface area (Å²) < 4.78 is 14.9. The van der Waals surface area contributed by atoms with E-state index < -0.39 is 11.2 Å². The molecule has 27 heavy (non-hydrogen) atoms. The van der Waals surface area contributed by atoms with Crippen LogP contribution in [0.2, 0.25) is 0 Å². The fourth-order valence-electron chi connectivity index (χ4n) is 2.65. The van der Waals surface area contributed by atoms with E-state index in [4.69, 9.17) is 5.73 Å². The second-order valence-corrected chi connectivity index (χ2v) is 7.39. The van der Waals surface area contributed by atoms with E-state index in [0.29, 0.717) is 22.5 Å². The van der Waals surface area contributed by atoms with Crippen molar-refractivity contribution in [3.63, 3.8) is 0 Å². The number of halogens is 1. The Morgan fingerprint density at radius 1 is 1.04 bits per heavy atom. The zero-order valence-electron chi connectivity index (χ0n) is 15.6. The number of anilines is 2. The number of pyridine rings is 1. The quantitative estimate of drug-likeness (QED) is 0.635. The lowest BCUT2D eigenvalue weighted by Gasteiger charge is -2.19. The fraction of sp³-hybridized carbons (Fsp3) is 0.182. The van der Waals surface area contributed by atoms with Crippen LogP contribution >= 0.6 is 0 Å². The molecule has 0 aliphatic carbocycles. The van der Waals surface area contributed by atoms with Gasteiger partial charge in [0.1, 0.15) is 11.5 Å². The Labute approximate surface area is 158 Å². The molecule has 138 valence electrons. The first-order chi connectivity index (χ1) is 12.8. The summed E-state index contributed by atoms with van der Waals surface area (Å²) in [7, 11) is 0. The topological polar surface area (TPSA) is 68.0 Å². The third-order valence-electron chi connectivity index (χ3n) is 4.22. The molecule has 0 spiro atoms. The molecule has 0 aliphatic heterocycles. The van der Waals surface area contributed by atoms with E-state index >= 15 is 0 Å². The lowest BCUT2D eigenvalue weighted by atomic mass is 9.95. The van der Waals surface area contributed by atoms with Crippen LogP contribution in [0, 0.1) is 11.2 Å². The Morgan fingerprint density at radius 3 is 2.30 bits per heavy atom. The normalized spacial score (nSPS) is 11.3. The van der Waals surface area contributed by atoms with Crippen LogP contribution in [-0.4, -0.2) is 10.9 Å². The molecule has 3 rings (SSSR count). The molecule has 4 nitrogen and oxygen atoms in total. The van der Waals surface area contributed by atoms with Gasteiger partial charge in [0.2, 0.25) is 5.91 Å². The van der Waals surface area contributed by atoms with E-state index in [-0.39, 0.29) is 11.6 Å². The van der Waals surface area contributed by atoms with E-state index in [1.54, 1.807) is 36.5 Å². The van der Waals surface area contributed by atoms with E-state index in [1.165, 1.54) is 6.07 Å². The monoisotopic (exact) mass is 363 g/mol. The van der Waals surface area contributed by atoms with Crippen LogP contribution in [0.4, 0.5) is 15.8 Å². The largest absolute Gasteiger partial charge is 0.398 e. The smallest absolute Gasteiger partial charge is 0.229 e. The summed E-state index contributed by atoms with van der Waals surface area (Å²) in [6.07, 6.45) is 1.59. The fourth-order valence-corrected chi connectivity index (χ4v) is 2.65. The number of nitrogens with one attached hydrogen (secondary N) is 1. The van der Waals surface area contributed by atoms with E-state index in [2.05, 4.69) is 10.3 Å². The van der Waals surface area contributed by atoms with Crippen LogP contribution in [0.5, 0.6) is 0 Å². The maximum Gasteiger partial charge on any atom is 0.229 e. The lowest BCUT2D eigenvalue weighted by molar-refractivity contribution is -0.123. The van der Waals surface area contributed by atoms with Crippen molar-refractivity contribution < 1.29 is 9.18 Å². The summed E-state index contributed by atoms with van der Waals surface area (Å²) in [6, 6.07) is 15.7. The Bertz CT molecular complexity index is 993. The number of nitrogen functional groups attached to an aromatic ring is 1. The van der Waals surface area contributed by atoms with Gasteiger partial charge in [-0.15, -0.1) is 0 Å². The van der Waals surface area contributed by atoms with E-state index in [0.717, 1.165) is 5.56 Å². The van der Waals surface area contributed by atoms with Gasteiger partial charge in [-0.2, -0.15) is 0 Å². The van der Waals surface area contributed by atoms with Gasteiger partial charge < -0.3 is 11.1 Å². The van der Waals surface area contributed by atoms with Crippen molar-refractivity contribution in [3.05, 3.63) is 66.6 Å². The van der Waals surface area contributed by atoms with Crippen molar-refractivity contribution in [3.8, 4) is 22.4 Å². The van der Waals surface area contributed by atoms with Crippen LogP contribution in [0.15, 0.2) is 60.8 Å². The van der Waals surface area contributed by atoms with Gasteiger partial charge >= 0.3 is 0 Å². The molecule has 2 aromatic carbocycles. The predicted octanol–water partition coefficient (Wildman–Crippen LogP) is 5.12. The summed E-state index contributed by atoms with van der Waals surface area (Å²) in [5.74, 6) is -0.628. The second-order valence-electron chi connectivity index (χ2n) is 7.39. The van der Waals surface area contributed by atoms with Crippen LogP contribution in [-0.2, 0) is 4.79 Å². The third kappa shape index (κ3) is 3.97. The minimum absolute atomic E-state index is 0.149. The third-order valence-corrected chi connectivity index (χ3v) is 4.22. The van der Waals surface area contributed by atoms with Crippen molar-refractivity contribution in [1.29, 1.82) is 0 Å². The SMILES string of the molecule is CC(C)(C)C(=O)Nc1ccccc1-c1ncc(-c2ccccc2N)cc1F. The van der Waals surface area contributed by atoms with E-state index in [9.17, 15) is 9.18 Å². The number of amides is 1. The van der Waals surface area contributed by atoms with Gasteiger partial charge in [-0.1, -0.05) is 57.2 Å². The molecule has 5 heteroatoms. The van der Waals surface area contributed by atoms with Crippen molar-refractivity contribution >= 4 is 17.3 Å². The molecule has 0 saturated heterocycles. The number of hydrogen-bond acceptors (Lipinski definition) is 3. The molecular weight excluding hydrogens is 341 g/mol. The molecule has 0 bridgehead atoms. The molecule has 1 aromatic heterocycles. The second kappa shape index (κ2) is 7.19. The highest BCUT2D eigenvalue weighted by atomic mass is 19.1. The molecular formula is C22H22FN3O. The molecule has 0 atom stereocenters. The Hall–Kier alpha value is -3.21. The summed E-state index contributed by atoms with van der Waals surface area (Å²) in [6.45, 7) is 5.47. The highest BCUT2D eigenvalue weighted by molar-refractivity contribution is 5.98. The summed E-state index contributed by atoms with van der Waals surface area (Å²) >= 11 is 0. The number of aromatic nitrogens is 1. The van der Waals surface area contributed by atoms with Gasteiger partial charge in [0.05, 0.1) is 5.69 Å². The Kier molecular flexibility index (Phi) is 4.95. The number of carbonyl (C=O) groups is 1. The number of rotatable bonds is 3. The van der Waals surface area contributed by atoms with Gasteiger partial charge in [0.15, 0.2) is 0 Å². The van der Waals surface area contributed by atoms with Crippen molar-refractivity contribution in [2.75, 3.05) is 11.1 Å². The molecule has 0 fully saturated rings. The summed E-state index contributed by atoms with van der Waals surface area (Å²) in [5, 5.41) is 2.87. The Morgan fingerprint density at radius 2 is 1.67 bits per heavy atom. The highest BCUT2D eigenvalue weighted by Gasteiger charge is 2.23. The molecule has 3 N–H and O–H groups in total. The maximum atomic E-state index is 14.9. The minimum Gasteiger partial charge on any atom is -0.398 e. The summed E-state index contributed by atoms with van der Waals surface area (Å²) in [4.78, 5) is 16.7. The molecule has 0 saturated carbocycles. The standard InChI is InChI=1S/C22H22FN3O/c1-22(2,3)21(27)26-19-11-7-5-9-16(19)20-17(23)12-14(13-25-20)15-8-4-6-10-18(15)24/h4-13H,24H2,1-3H3,(H,26,27). The molecule has 1 amide bonds. The number of para-hydroxylation sites is 2. The van der Waals surface area contributed by atoms with Gasteiger partial charge in [0, 0.05) is 34.0 Å². The average molecular weight is 363 g/mol. The zero-order valence-corrected chi connectivity index (χ0v) is 15.6. The minimum atomic E-state index is -0.562. The molecule has 3 aromatic rings. The number of carbonyl (C=O) groups excluding carboxylic acids is 1. The first-order valence-corrected chi connectivity index (χ1v) is 8.68. The maximum absolute atomic E-state index is 14.9. The highest BCUT2D eigenvalue weighted by Crippen LogP contribution is 2.32. The van der Waals surface area contributed by atoms with Gasteiger partial charge in [-0.05, 0) is 18.2 Å². The lowest BCUT2D eigenvalue weighted by Crippen LogP contribution is -2.27. The first-order valence-electron chi connectivity index (χ1n) is 8.68. The van der Waals surface area contributed by atoms with E-state index in [1.807, 2.05) is 39.0 Å².